The lowest BCUT2D eigenvalue weighted by Crippen LogP contribution is -2.43. The van der Waals surface area contributed by atoms with Crippen molar-refractivity contribution in [3.8, 4) is 0 Å². The molecule has 106 valence electrons. The normalized spacial score (nSPS) is 16.5. The third kappa shape index (κ3) is 3.33. The highest BCUT2D eigenvalue weighted by atomic mass is 16.5. The summed E-state index contributed by atoms with van der Waals surface area (Å²) in [5.41, 5.74) is 1.27. The van der Waals surface area contributed by atoms with Gasteiger partial charge in [0.15, 0.2) is 6.33 Å². The lowest BCUT2D eigenvalue weighted by atomic mass is 10.0. The molecule has 3 rings (SSSR count). The summed E-state index contributed by atoms with van der Waals surface area (Å²) in [7, 11) is 0. The second kappa shape index (κ2) is 6.47. The van der Waals surface area contributed by atoms with Crippen molar-refractivity contribution < 1.29 is 4.52 Å². The van der Waals surface area contributed by atoms with Crippen LogP contribution in [-0.2, 0) is 6.42 Å². The van der Waals surface area contributed by atoms with E-state index in [-0.39, 0.29) is 0 Å². The number of nitrogens with one attached hydrogen (secondary N) is 1. The summed E-state index contributed by atoms with van der Waals surface area (Å²) in [4.78, 5) is 10.5. The van der Waals surface area contributed by atoms with Crippen LogP contribution < -0.4 is 10.2 Å². The summed E-state index contributed by atoms with van der Waals surface area (Å²) in [5.74, 6) is 0.701. The minimum absolute atomic E-state index is 0.580. The molecule has 0 radical (unpaired) electrons. The molecule has 1 saturated heterocycles. The van der Waals surface area contributed by atoms with Crippen LogP contribution in [0.4, 0.5) is 5.69 Å². The van der Waals surface area contributed by atoms with E-state index in [4.69, 9.17) is 4.52 Å². The van der Waals surface area contributed by atoms with E-state index in [2.05, 4.69) is 37.5 Å². The van der Waals surface area contributed by atoms with Gasteiger partial charge in [-0.1, -0.05) is 5.16 Å². The van der Waals surface area contributed by atoms with Crippen molar-refractivity contribution in [3.05, 3.63) is 36.7 Å². The molecule has 0 unspecified atom stereocenters. The first-order valence-electron chi connectivity index (χ1n) is 7.06. The maximum Gasteiger partial charge on any atom is 0.227 e. The van der Waals surface area contributed by atoms with E-state index in [0.29, 0.717) is 11.9 Å². The zero-order valence-corrected chi connectivity index (χ0v) is 11.4. The highest BCUT2D eigenvalue weighted by molar-refractivity contribution is 5.44. The van der Waals surface area contributed by atoms with Crippen LogP contribution in [-0.4, -0.2) is 40.8 Å². The Labute approximate surface area is 118 Å². The van der Waals surface area contributed by atoms with Crippen LogP contribution in [0.25, 0.3) is 0 Å². The molecule has 1 N–H and O–H groups in total. The maximum absolute atomic E-state index is 4.98. The standard InChI is InChI=1S/C14H19N5O/c1-6-15-7-2-13(1)19-9-4-12(5-10-19)16-8-3-14-17-11-18-20-14/h1-2,6-7,11-12,16H,3-5,8-10H2. The number of pyridine rings is 1. The molecular formula is C14H19N5O. The minimum atomic E-state index is 0.580. The van der Waals surface area contributed by atoms with Crippen molar-refractivity contribution in [1.29, 1.82) is 0 Å². The Kier molecular flexibility index (Phi) is 4.22. The largest absolute Gasteiger partial charge is 0.371 e. The number of anilines is 1. The smallest absolute Gasteiger partial charge is 0.227 e. The average Bonchev–Trinajstić information content (AvgIpc) is 3.02. The summed E-state index contributed by atoms with van der Waals surface area (Å²) in [6, 6.07) is 4.73. The lowest BCUT2D eigenvalue weighted by molar-refractivity contribution is 0.363. The zero-order chi connectivity index (χ0) is 13.6. The third-order valence-corrected chi connectivity index (χ3v) is 3.70. The van der Waals surface area contributed by atoms with Crippen LogP contribution in [0.3, 0.4) is 0 Å². The first-order chi connectivity index (χ1) is 9.92. The van der Waals surface area contributed by atoms with Crippen molar-refractivity contribution in [2.24, 2.45) is 0 Å². The molecule has 20 heavy (non-hydrogen) atoms. The Morgan fingerprint density at radius 1 is 1.25 bits per heavy atom. The Morgan fingerprint density at radius 2 is 2.05 bits per heavy atom. The van der Waals surface area contributed by atoms with Gasteiger partial charge in [0.2, 0.25) is 5.89 Å². The number of piperidine rings is 1. The van der Waals surface area contributed by atoms with Crippen LogP contribution in [0.15, 0.2) is 35.4 Å². The molecule has 2 aromatic rings. The molecule has 0 aromatic carbocycles. The summed E-state index contributed by atoms with van der Waals surface area (Å²) in [6.07, 6.45) is 8.26. The second-order valence-corrected chi connectivity index (χ2v) is 5.01. The van der Waals surface area contributed by atoms with E-state index in [0.717, 1.165) is 38.9 Å². The van der Waals surface area contributed by atoms with Crippen molar-refractivity contribution in [2.75, 3.05) is 24.5 Å². The number of hydrogen-bond acceptors (Lipinski definition) is 6. The van der Waals surface area contributed by atoms with Gasteiger partial charge in [-0.2, -0.15) is 4.98 Å². The van der Waals surface area contributed by atoms with Crippen LogP contribution in [0.2, 0.25) is 0 Å². The van der Waals surface area contributed by atoms with Gasteiger partial charge in [-0.15, -0.1) is 0 Å². The zero-order valence-electron chi connectivity index (χ0n) is 11.4. The second-order valence-electron chi connectivity index (χ2n) is 5.01. The Balaban J connectivity index is 1.40. The van der Waals surface area contributed by atoms with Crippen molar-refractivity contribution >= 4 is 5.69 Å². The average molecular weight is 273 g/mol. The molecule has 0 amide bonds. The fourth-order valence-electron chi connectivity index (χ4n) is 2.59. The predicted octanol–water partition coefficient (Wildman–Crippen LogP) is 1.27. The SMILES string of the molecule is c1cc(N2CCC(NCCc3ncno3)CC2)ccn1. The van der Waals surface area contributed by atoms with E-state index in [1.165, 1.54) is 12.0 Å². The molecule has 3 heterocycles. The molecule has 0 atom stereocenters. The Morgan fingerprint density at radius 3 is 2.75 bits per heavy atom. The first kappa shape index (κ1) is 13.1. The molecule has 0 saturated carbocycles. The van der Waals surface area contributed by atoms with Gasteiger partial charge in [-0.05, 0) is 25.0 Å². The molecule has 2 aromatic heterocycles. The van der Waals surface area contributed by atoms with Gasteiger partial charge in [0.1, 0.15) is 0 Å². The first-order valence-corrected chi connectivity index (χ1v) is 7.06. The van der Waals surface area contributed by atoms with Crippen molar-refractivity contribution in [1.82, 2.24) is 20.4 Å². The van der Waals surface area contributed by atoms with E-state index in [1.807, 2.05) is 12.4 Å². The molecule has 1 fully saturated rings. The topological polar surface area (TPSA) is 67.1 Å². The van der Waals surface area contributed by atoms with Gasteiger partial charge >= 0.3 is 0 Å². The minimum Gasteiger partial charge on any atom is -0.371 e. The molecule has 1 aliphatic heterocycles. The van der Waals surface area contributed by atoms with Crippen molar-refractivity contribution in [3.63, 3.8) is 0 Å². The third-order valence-electron chi connectivity index (χ3n) is 3.70. The van der Waals surface area contributed by atoms with Crippen molar-refractivity contribution in [2.45, 2.75) is 25.3 Å². The van der Waals surface area contributed by atoms with E-state index in [1.54, 1.807) is 0 Å². The Hall–Kier alpha value is -1.95. The number of rotatable bonds is 5. The number of nitrogens with zero attached hydrogens (tertiary/aromatic N) is 4. The van der Waals surface area contributed by atoms with Crippen LogP contribution >= 0.6 is 0 Å². The van der Waals surface area contributed by atoms with Gasteiger partial charge in [-0.25, -0.2) is 0 Å². The van der Waals surface area contributed by atoms with E-state index >= 15 is 0 Å². The monoisotopic (exact) mass is 273 g/mol. The van der Waals surface area contributed by atoms with E-state index < -0.39 is 0 Å². The fraction of sp³-hybridized carbons (Fsp3) is 0.500. The summed E-state index contributed by atoms with van der Waals surface area (Å²) >= 11 is 0. The highest BCUT2D eigenvalue weighted by Gasteiger charge is 2.18. The molecule has 0 bridgehead atoms. The molecule has 0 spiro atoms. The molecular weight excluding hydrogens is 254 g/mol. The van der Waals surface area contributed by atoms with Gasteiger partial charge in [0, 0.05) is 50.2 Å². The molecule has 6 heteroatoms. The van der Waals surface area contributed by atoms with Gasteiger partial charge < -0.3 is 14.7 Å². The highest BCUT2D eigenvalue weighted by Crippen LogP contribution is 2.18. The predicted molar refractivity (Wildman–Crippen MR) is 75.5 cm³/mol. The number of aromatic nitrogens is 3. The lowest BCUT2D eigenvalue weighted by Gasteiger charge is -2.34. The van der Waals surface area contributed by atoms with Gasteiger partial charge in [0.05, 0.1) is 0 Å². The summed E-state index contributed by atoms with van der Waals surface area (Å²) < 4.78 is 4.98. The Bertz CT molecular complexity index is 494. The van der Waals surface area contributed by atoms with Crippen LogP contribution in [0, 0.1) is 0 Å². The fourth-order valence-corrected chi connectivity index (χ4v) is 2.59. The maximum atomic E-state index is 4.98. The van der Waals surface area contributed by atoms with Gasteiger partial charge in [0.25, 0.3) is 0 Å². The van der Waals surface area contributed by atoms with Gasteiger partial charge in [-0.3, -0.25) is 4.98 Å². The molecule has 6 nitrogen and oxygen atoms in total. The molecule has 0 aliphatic carbocycles. The van der Waals surface area contributed by atoms with E-state index in [9.17, 15) is 0 Å². The summed E-state index contributed by atoms with van der Waals surface area (Å²) in [6.45, 7) is 3.06. The quantitative estimate of drug-likeness (QED) is 0.885. The molecule has 1 aliphatic rings. The summed E-state index contributed by atoms with van der Waals surface area (Å²) in [5, 5.41) is 7.17. The van der Waals surface area contributed by atoms with Crippen LogP contribution in [0.5, 0.6) is 0 Å². The van der Waals surface area contributed by atoms with Crippen LogP contribution in [0.1, 0.15) is 18.7 Å². The number of hydrogen-bond donors (Lipinski definition) is 1.